The fraction of sp³-hybridized carbons (Fsp3) is 0.192. The summed E-state index contributed by atoms with van der Waals surface area (Å²) in [7, 11) is -3.95. The van der Waals surface area contributed by atoms with Crippen LogP contribution < -0.4 is 9.80 Å². The van der Waals surface area contributed by atoms with Gasteiger partial charge in [-0.25, -0.2) is 12.8 Å². The van der Waals surface area contributed by atoms with Crippen molar-refractivity contribution in [2.45, 2.75) is 16.8 Å². The molecule has 1 saturated heterocycles. The quantitative estimate of drug-likeness (QED) is 0.347. The summed E-state index contributed by atoms with van der Waals surface area (Å²) in [5, 5.41) is 0.521. The molecule has 0 spiro atoms. The van der Waals surface area contributed by atoms with Crippen LogP contribution in [0.2, 0.25) is 5.02 Å². The topological polar surface area (TPSA) is 66.7 Å². The van der Waals surface area contributed by atoms with Crippen molar-refractivity contribution in [3.63, 3.8) is 0 Å². The number of aryl methyl sites for hydroxylation is 1. The molecule has 180 valence electrons. The molecule has 2 heterocycles. The average Bonchev–Trinajstić information content (AvgIpc) is 3.31. The summed E-state index contributed by atoms with van der Waals surface area (Å²) >= 11 is 6.15. The Morgan fingerprint density at radius 3 is 2.23 bits per heavy atom. The Hall–Kier alpha value is -3.36. The van der Waals surface area contributed by atoms with Gasteiger partial charge in [-0.1, -0.05) is 35.4 Å². The highest BCUT2D eigenvalue weighted by Gasteiger charge is 2.33. The number of anilines is 2. The van der Waals surface area contributed by atoms with E-state index < -0.39 is 15.7 Å². The molecule has 0 unspecified atom stereocenters. The molecule has 0 bridgehead atoms. The highest BCUT2D eigenvalue weighted by Crippen LogP contribution is 2.35. The average molecular weight is 512 g/mol. The predicted molar refractivity (Wildman–Crippen MR) is 134 cm³/mol. The summed E-state index contributed by atoms with van der Waals surface area (Å²) in [6.07, 6.45) is 0. The van der Waals surface area contributed by atoms with E-state index in [1.807, 2.05) is 36.1 Å². The molecule has 0 amide bonds. The van der Waals surface area contributed by atoms with Crippen molar-refractivity contribution in [2.75, 3.05) is 36.0 Å². The van der Waals surface area contributed by atoms with E-state index in [9.17, 15) is 12.8 Å². The number of rotatable bonds is 5. The first kappa shape index (κ1) is 23.4. The van der Waals surface area contributed by atoms with Gasteiger partial charge in [-0.2, -0.15) is 4.98 Å². The van der Waals surface area contributed by atoms with Gasteiger partial charge in [0.15, 0.2) is 0 Å². The lowest BCUT2D eigenvalue weighted by Gasteiger charge is -2.36. The Bertz CT molecular complexity index is 1450. The van der Waals surface area contributed by atoms with E-state index in [4.69, 9.17) is 16.0 Å². The zero-order valence-electron chi connectivity index (χ0n) is 19.0. The first-order valence-electron chi connectivity index (χ1n) is 11.2. The minimum absolute atomic E-state index is 0.128. The Kier molecular flexibility index (Phi) is 6.25. The molecule has 4 aromatic rings. The van der Waals surface area contributed by atoms with E-state index in [0.717, 1.165) is 11.3 Å². The first-order chi connectivity index (χ1) is 16.8. The van der Waals surface area contributed by atoms with Crippen molar-refractivity contribution < 1.29 is 17.2 Å². The SMILES string of the molecule is Cc1ccc(S(=O)(=O)c2nc(-c3ccc(F)cc3)oc2N2CCN(c3cccc(Cl)c3)CC2)cc1. The largest absolute Gasteiger partial charge is 0.419 e. The van der Waals surface area contributed by atoms with E-state index in [1.165, 1.54) is 24.3 Å². The van der Waals surface area contributed by atoms with Gasteiger partial charge < -0.3 is 14.2 Å². The minimum Gasteiger partial charge on any atom is -0.419 e. The predicted octanol–water partition coefficient (Wildman–Crippen LogP) is 5.60. The zero-order chi connectivity index (χ0) is 24.6. The second kappa shape index (κ2) is 9.36. The summed E-state index contributed by atoms with van der Waals surface area (Å²) in [5.41, 5.74) is 2.46. The third-order valence-electron chi connectivity index (χ3n) is 6.00. The molecule has 1 aliphatic heterocycles. The lowest BCUT2D eigenvalue weighted by Crippen LogP contribution is -2.46. The third-order valence-corrected chi connectivity index (χ3v) is 7.90. The van der Waals surface area contributed by atoms with Crippen LogP contribution in [0.15, 0.2) is 87.1 Å². The molecule has 5 rings (SSSR count). The molecule has 1 aromatic heterocycles. The van der Waals surface area contributed by atoms with Gasteiger partial charge in [-0.05, 0) is 61.5 Å². The van der Waals surface area contributed by atoms with Crippen molar-refractivity contribution in [1.29, 1.82) is 0 Å². The maximum atomic E-state index is 13.6. The lowest BCUT2D eigenvalue weighted by molar-refractivity contribution is 0.525. The number of hydrogen-bond acceptors (Lipinski definition) is 6. The molecule has 6 nitrogen and oxygen atoms in total. The number of aromatic nitrogens is 1. The number of sulfone groups is 1. The number of nitrogens with zero attached hydrogens (tertiary/aromatic N) is 3. The van der Waals surface area contributed by atoms with Crippen LogP contribution in [0.25, 0.3) is 11.5 Å². The summed E-state index contributed by atoms with van der Waals surface area (Å²) in [6.45, 7) is 4.25. The number of oxazole rings is 1. The second-order valence-corrected chi connectivity index (χ2v) is 10.7. The summed E-state index contributed by atoms with van der Waals surface area (Å²) < 4.78 is 46.7. The van der Waals surface area contributed by atoms with Crippen molar-refractivity contribution in [1.82, 2.24) is 4.98 Å². The molecule has 9 heteroatoms. The van der Waals surface area contributed by atoms with Crippen LogP contribution in [0, 0.1) is 12.7 Å². The molecular weight excluding hydrogens is 489 g/mol. The van der Waals surface area contributed by atoms with Gasteiger partial charge in [0.1, 0.15) is 5.82 Å². The van der Waals surface area contributed by atoms with Crippen LogP contribution in [0.1, 0.15) is 5.56 Å². The molecule has 3 aromatic carbocycles. The van der Waals surface area contributed by atoms with Crippen molar-refractivity contribution in [2.24, 2.45) is 0 Å². The normalized spacial score (nSPS) is 14.4. The fourth-order valence-electron chi connectivity index (χ4n) is 4.06. The Labute approximate surface area is 208 Å². The van der Waals surface area contributed by atoms with E-state index in [1.54, 1.807) is 24.3 Å². The lowest BCUT2D eigenvalue weighted by atomic mass is 10.2. The van der Waals surface area contributed by atoms with Gasteiger partial charge in [-0.15, -0.1) is 0 Å². The zero-order valence-corrected chi connectivity index (χ0v) is 20.6. The van der Waals surface area contributed by atoms with Crippen LogP contribution in [0.3, 0.4) is 0 Å². The van der Waals surface area contributed by atoms with Gasteiger partial charge in [0.25, 0.3) is 0 Å². The van der Waals surface area contributed by atoms with E-state index in [-0.39, 0.29) is 21.7 Å². The summed E-state index contributed by atoms with van der Waals surface area (Å²) in [6, 6.07) is 19.9. The minimum atomic E-state index is -3.95. The fourth-order valence-corrected chi connectivity index (χ4v) is 5.56. The van der Waals surface area contributed by atoms with Crippen LogP contribution >= 0.6 is 11.6 Å². The molecule has 1 fully saturated rings. The molecular formula is C26H23ClFN3O3S. The van der Waals surface area contributed by atoms with Gasteiger partial charge >= 0.3 is 0 Å². The van der Waals surface area contributed by atoms with E-state index in [0.29, 0.717) is 36.8 Å². The molecule has 0 aliphatic carbocycles. The van der Waals surface area contributed by atoms with Gasteiger partial charge in [-0.3, -0.25) is 0 Å². The second-order valence-electron chi connectivity index (χ2n) is 8.41. The first-order valence-corrected chi connectivity index (χ1v) is 13.0. The van der Waals surface area contributed by atoms with Crippen LogP contribution in [-0.4, -0.2) is 39.6 Å². The van der Waals surface area contributed by atoms with E-state index in [2.05, 4.69) is 9.88 Å². The van der Waals surface area contributed by atoms with Gasteiger partial charge in [0.05, 0.1) is 4.90 Å². The summed E-state index contributed by atoms with van der Waals surface area (Å²) in [5.74, 6) is -0.0798. The smallest absolute Gasteiger partial charge is 0.236 e. The molecule has 0 saturated carbocycles. The molecule has 0 N–H and O–H groups in total. The number of piperazine rings is 1. The Morgan fingerprint density at radius 1 is 0.914 bits per heavy atom. The third kappa shape index (κ3) is 4.76. The number of benzene rings is 3. The van der Waals surface area contributed by atoms with E-state index >= 15 is 0 Å². The van der Waals surface area contributed by atoms with Crippen LogP contribution in [0.5, 0.6) is 0 Å². The highest BCUT2D eigenvalue weighted by molar-refractivity contribution is 7.91. The van der Waals surface area contributed by atoms with Crippen molar-refractivity contribution in [3.05, 3.63) is 89.2 Å². The van der Waals surface area contributed by atoms with Crippen molar-refractivity contribution >= 4 is 33.0 Å². The standard InChI is InChI=1S/C26H23ClFN3O3S/c1-18-5-11-23(12-6-18)35(32,33)25-26(34-24(29-25)19-7-9-21(28)10-8-19)31-15-13-30(14-16-31)22-4-2-3-20(27)17-22/h2-12,17H,13-16H2,1H3. The maximum Gasteiger partial charge on any atom is 0.236 e. The van der Waals surface area contributed by atoms with Crippen LogP contribution in [0.4, 0.5) is 16.0 Å². The highest BCUT2D eigenvalue weighted by atomic mass is 35.5. The number of halogens is 2. The Balaban J connectivity index is 1.51. The van der Waals surface area contributed by atoms with Gasteiger partial charge in [0.2, 0.25) is 26.6 Å². The Morgan fingerprint density at radius 2 is 1.57 bits per heavy atom. The molecule has 35 heavy (non-hydrogen) atoms. The van der Waals surface area contributed by atoms with Crippen molar-refractivity contribution in [3.8, 4) is 11.5 Å². The molecule has 1 aliphatic rings. The number of hydrogen-bond donors (Lipinski definition) is 0. The van der Waals surface area contributed by atoms with Gasteiger partial charge in [0, 0.05) is 42.5 Å². The van der Waals surface area contributed by atoms with Crippen LogP contribution in [-0.2, 0) is 9.84 Å². The maximum absolute atomic E-state index is 13.6. The summed E-state index contributed by atoms with van der Waals surface area (Å²) in [4.78, 5) is 8.61. The molecule has 0 radical (unpaired) electrons. The monoisotopic (exact) mass is 511 g/mol. The molecule has 0 atom stereocenters.